The second-order valence-corrected chi connectivity index (χ2v) is 3.28. The van der Waals surface area contributed by atoms with Crippen molar-refractivity contribution in [1.29, 1.82) is 0 Å². The Kier molecular flexibility index (Phi) is 2.35. The summed E-state index contributed by atoms with van der Waals surface area (Å²) >= 11 is 0. The largest absolute Gasteiger partial charge is 0.508 e. The van der Waals surface area contributed by atoms with Crippen LogP contribution in [0.5, 0.6) is 5.75 Å². The van der Waals surface area contributed by atoms with Crippen LogP contribution in [0.1, 0.15) is 12.5 Å². The van der Waals surface area contributed by atoms with Crippen LogP contribution >= 0.6 is 0 Å². The van der Waals surface area contributed by atoms with Crippen molar-refractivity contribution in [1.82, 2.24) is 0 Å². The Morgan fingerprint density at radius 2 is 2.07 bits per heavy atom. The number of nitrogen functional groups attached to an aromatic ring is 1. The highest BCUT2D eigenvalue weighted by Crippen LogP contribution is 2.29. The number of phenolic OH excluding ortho intramolecular Hbond substituents is 1. The lowest BCUT2D eigenvalue weighted by molar-refractivity contribution is -0.143. The topological polar surface area (TPSA) is 110 Å². The summed E-state index contributed by atoms with van der Waals surface area (Å²) in [6.07, 6.45) is 0. The number of nitrogens with two attached hydrogens (primary N) is 2. The van der Waals surface area contributed by atoms with Gasteiger partial charge in [-0.25, -0.2) is 4.79 Å². The first-order valence-corrected chi connectivity index (χ1v) is 3.97. The standard InChI is InChI=1S/C9H12N2O3/c1-9(11,8(13)14)6-4-5(10)2-3-7(6)12/h2-4,12H,10-11H2,1H3,(H,13,14). The van der Waals surface area contributed by atoms with Gasteiger partial charge in [-0.05, 0) is 25.1 Å². The van der Waals surface area contributed by atoms with Crippen LogP contribution in [0.4, 0.5) is 5.69 Å². The number of carbonyl (C=O) groups is 1. The second kappa shape index (κ2) is 3.19. The maximum Gasteiger partial charge on any atom is 0.328 e. The van der Waals surface area contributed by atoms with Crippen LogP contribution in [0.2, 0.25) is 0 Å². The molecule has 1 unspecified atom stereocenters. The highest BCUT2D eigenvalue weighted by molar-refractivity contribution is 5.81. The van der Waals surface area contributed by atoms with Crippen molar-refractivity contribution in [3.8, 4) is 5.75 Å². The Labute approximate surface area is 81.0 Å². The molecule has 1 rings (SSSR count). The van der Waals surface area contributed by atoms with Gasteiger partial charge in [0.05, 0.1) is 0 Å². The molecule has 0 radical (unpaired) electrons. The summed E-state index contributed by atoms with van der Waals surface area (Å²) < 4.78 is 0. The summed E-state index contributed by atoms with van der Waals surface area (Å²) in [5.74, 6) is -1.40. The zero-order chi connectivity index (χ0) is 10.9. The maximum absolute atomic E-state index is 10.8. The first kappa shape index (κ1) is 10.3. The number of hydrogen-bond donors (Lipinski definition) is 4. The number of anilines is 1. The molecule has 0 saturated heterocycles. The fraction of sp³-hybridized carbons (Fsp3) is 0.222. The molecule has 1 atom stereocenters. The van der Waals surface area contributed by atoms with E-state index in [9.17, 15) is 9.90 Å². The number of aliphatic carboxylic acids is 1. The normalized spacial score (nSPS) is 14.7. The smallest absolute Gasteiger partial charge is 0.328 e. The molecule has 0 spiro atoms. The summed E-state index contributed by atoms with van der Waals surface area (Å²) in [6.45, 7) is 1.30. The van der Waals surface area contributed by atoms with E-state index in [2.05, 4.69) is 0 Å². The molecule has 0 heterocycles. The molecule has 0 saturated carbocycles. The van der Waals surface area contributed by atoms with E-state index in [1.54, 1.807) is 0 Å². The van der Waals surface area contributed by atoms with Gasteiger partial charge in [-0.15, -0.1) is 0 Å². The summed E-state index contributed by atoms with van der Waals surface area (Å²) in [5.41, 5.74) is 9.82. The molecular formula is C9H12N2O3. The van der Waals surface area contributed by atoms with Crippen LogP contribution in [-0.4, -0.2) is 16.2 Å². The molecule has 6 N–H and O–H groups in total. The van der Waals surface area contributed by atoms with Crippen LogP contribution < -0.4 is 11.5 Å². The zero-order valence-electron chi connectivity index (χ0n) is 7.69. The molecular weight excluding hydrogens is 184 g/mol. The average molecular weight is 196 g/mol. The maximum atomic E-state index is 10.8. The van der Waals surface area contributed by atoms with E-state index in [0.717, 1.165) is 0 Å². The summed E-state index contributed by atoms with van der Waals surface area (Å²) in [6, 6.07) is 4.14. The third-order valence-corrected chi connectivity index (χ3v) is 2.02. The lowest BCUT2D eigenvalue weighted by Crippen LogP contribution is -2.41. The van der Waals surface area contributed by atoms with Gasteiger partial charge in [0.2, 0.25) is 0 Å². The van der Waals surface area contributed by atoms with Crippen molar-refractivity contribution >= 4 is 11.7 Å². The summed E-state index contributed by atoms with van der Waals surface area (Å²) in [5, 5.41) is 18.3. The van der Waals surface area contributed by atoms with E-state index in [-0.39, 0.29) is 11.3 Å². The molecule has 0 amide bonds. The van der Waals surface area contributed by atoms with Crippen molar-refractivity contribution in [3.63, 3.8) is 0 Å². The van der Waals surface area contributed by atoms with Crippen LogP contribution in [0, 0.1) is 0 Å². The Bertz CT molecular complexity index is 374. The number of aromatic hydroxyl groups is 1. The van der Waals surface area contributed by atoms with Crippen LogP contribution in [0.3, 0.4) is 0 Å². The van der Waals surface area contributed by atoms with Gasteiger partial charge in [0, 0.05) is 11.3 Å². The van der Waals surface area contributed by atoms with E-state index < -0.39 is 11.5 Å². The molecule has 0 aliphatic rings. The highest BCUT2D eigenvalue weighted by Gasteiger charge is 2.32. The first-order valence-electron chi connectivity index (χ1n) is 3.97. The molecule has 0 aliphatic carbocycles. The Hall–Kier alpha value is -1.75. The van der Waals surface area contributed by atoms with Gasteiger partial charge in [-0.2, -0.15) is 0 Å². The van der Waals surface area contributed by atoms with E-state index in [1.165, 1.54) is 25.1 Å². The highest BCUT2D eigenvalue weighted by atomic mass is 16.4. The third-order valence-electron chi connectivity index (χ3n) is 2.02. The van der Waals surface area contributed by atoms with Crippen LogP contribution in [0.15, 0.2) is 18.2 Å². The lowest BCUT2D eigenvalue weighted by Gasteiger charge is -2.20. The molecule has 0 aromatic heterocycles. The fourth-order valence-electron chi connectivity index (χ4n) is 1.08. The number of carboxylic acid groups (broad SMARTS) is 1. The van der Waals surface area contributed by atoms with E-state index >= 15 is 0 Å². The van der Waals surface area contributed by atoms with Crippen LogP contribution in [-0.2, 0) is 10.3 Å². The van der Waals surface area contributed by atoms with Crippen molar-refractivity contribution < 1.29 is 15.0 Å². The minimum atomic E-state index is -1.64. The predicted molar refractivity (Wildman–Crippen MR) is 51.7 cm³/mol. The number of carboxylic acids is 1. The van der Waals surface area contributed by atoms with Gasteiger partial charge in [0.15, 0.2) is 0 Å². The summed E-state index contributed by atoms with van der Waals surface area (Å²) in [4.78, 5) is 10.8. The van der Waals surface area contributed by atoms with Crippen molar-refractivity contribution in [2.75, 3.05) is 5.73 Å². The Morgan fingerprint density at radius 3 is 2.57 bits per heavy atom. The molecule has 0 fully saturated rings. The third kappa shape index (κ3) is 1.62. The number of hydrogen-bond acceptors (Lipinski definition) is 4. The molecule has 5 nitrogen and oxygen atoms in total. The fourth-order valence-corrected chi connectivity index (χ4v) is 1.08. The van der Waals surface area contributed by atoms with Crippen molar-refractivity contribution in [2.45, 2.75) is 12.5 Å². The van der Waals surface area contributed by atoms with Gasteiger partial charge in [-0.3, -0.25) is 0 Å². The second-order valence-electron chi connectivity index (χ2n) is 3.28. The molecule has 14 heavy (non-hydrogen) atoms. The molecule has 1 aromatic rings. The quantitative estimate of drug-likeness (QED) is 0.400. The van der Waals surface area contributed by atoms with E-state index in [0.29, 0.717) is 5.69 Å². The zero-order valence-corrected chi connectivity index (χ0v) is 7.69. The SMILES string of the molecule is CC(N)(C(=O)O)c1cc(N)ccc1O. The van der Waals surface area contributed by atoms with Crippen molar-refractivity contribution in [2.24, 2.45) is 5.73 Å². The molecule has 0 bridgehead atoms. The monoisotopic (exact) mass is 196 g/mol. The minimum Gasteiger partial charge on any atom is -0.508 e. The first-order chi connectivity index (χ1) is 6.35. The molecule has 0 aliphatic heterocycles. The minimum absolute atomic E-state index is 0.102. The number of phenols is 1. The Balaban J connectivity index is 3.31. The predicted octanol–water partition coefficient (Wildman–Crippen LogP) is 0.233. The summed E-state index contributed by atoms with van der Waals surface area (Å²) in [7, 11) is 0. The van der Waals surface area contributed by atoms with Gasteiger partial charge in [-0.1, -0.05) is 0 Å². The van der Waals surface area contributed by atoms with Gasteiger partial charge < -0.3 is 21.7 Å². The number of benzene rings is 1. The van der Waals surface area contributed by atoms with E-state index in [1.807, 2.05) is 0 Å². The lowest BCUT2D eigenvalue weighted by atomic mass is 9.92. The van der Waals surface area contributed by atoms with Crippen molar-refractivity contribution in [3.05, 3.63) is 23.8 Å². The molecule has 5 heteroatoms. The van der Waals surface area contributed by atoms with Crippen LogP contribution in [0.25, 0.3) is 0 Å². The average Bonchev–Trinajstić information content (AvgIpc) is 2.08. The number of rotatable bonds is 2. The van der Waals surface area contributed by atoms with Gasteiger partial charge >= 0.3 is 5.97 Å². The molecule has 1 aromatic carbocycles. The van der Waals surface area contributed by atoms with Gasteiger partial charge in [0.1, 0.15) is 11.3 Å². The molecule has 76 valence electrons. The Morgan fingerprint density at radius 1 is 1.50 bits per heavy atom. The van der Waals surface area contributed by atoms with Gasteiger partial charge in [0.25, 0.3) is 0 Å². The van der Waals surface area contributed by atoms with E-state index in [4.69, 9.17) is 16.6 Å².